The maximum absolute atomic E-state index is 10.8. The van der Waals surface area contributed by atoms with Gasteiger partial charge in [-0.25, -0.2) is 0 Å². The van der Waals surface area contributed by atoms with Crippen LogP contribution in [0.3, 0.4) is 0 Å². The van der Waals surface area contributed by atoms with Gasteiger partial charge in [0.05, 0.1) is 10.3 Å². The number of nitro benzene ring substituents is 1. The Morgan fingerprint density at radius 2 is 1.80 bits per heavy atom. The average molecular weight is 219 g/mol. The zero-order valence-electron chi connectivity index (χ0n) is 7.88. The summed E-state index contributed by atoms with van der Waals surface area (Å²) in [6, 6.07) is 10.6. The molecule has 76 valence electrons. The van der Waals surface area contributed by atoms with Crippen molar-refractivity contribution in [2.45, 2.75) is 5.75 Å². The van der Waals surface area contributed by atoms with E-state index in [0.717, 1.165) is 10.9 Å². The lowest BCUT2D eigenvalue weighted by atomic mass is 10.0. The predicted molar refractivity (Wildman–Crippen MR) is 63.3 cm³/mol. The summed E-state index contributed by atoms with van der Waals surface area (Å²) in [5.41, 5.74) is 1.16. The molecule has 0 aliphatic heterocycles. The molecule has 0 fully saturated rings. The van der Waals surface area contributed by atoms with Crippen LogP contribution in [0.5, 0.6) is 0 Å². The SMILES string of the molecule is O=[N+]([O-])c1ccc(CS)c2ccccc12. The van der Waals surface area contributed by atoms with Gasteiger partial charge in [0.2, 0.25) is 0 Å². The van der Waals surface area contributed by atoms with Gasteiger partial charge in [-0.1, -0.05) is 24.3 Å². The zero-order valence-corrected chi connectivity index (χ0v) is 8.78. The molecule has 2 rings (SSSR count). The van der Waals surface area contributed by atoms with Crippen molar-refractivity contribution in [1.82, 2.24) is 0 Å². The van der Waals surface area contributed by atoms with E-state index in [1.807, 2.05) is 12.1 Å². The molecule has 0 radical (unpaired) electrons. The highest BCUT2D eigenvalue weighted by Crippen LogP contribution is 2.28. The third-order valence-electron chi connectivity index (χ3n) is 2.36. The van der Waals surface area contributed by atoms with Gasteiger partial charge in [-0.2, -0.15) is 12.6 Å². The third kappa shape index (κ3) is 1.68. The van der Waals surface area contributed by atoms with Crippen molar-refractivity contribution in [3.63, 3.8) is 0 Å². The Hall–Kier alpha value is -1.55. The van der Waals surface area contributed by atoms with Crippen molar-refractivity contribution in [3.8, 4) is 0 Å². The molecule has 0 bridgehead atoms. The summed E-state index contributed by atoms with van der Waals surface area (Å²) in [7, 11) is 0. The lowest BCUT2D eigenvalue weighted by molar-refractivity contribution is -0.383. The Bertz CT molecular complexity index is 525. The normalized spacial score (nSPS) is 10.5. The first-order valence-electron chi connectivity index (χ1n) is 4.50. The molecule has 4 heteroatoms. The first-order chi connectivity index (χ1) is 7.24. The van der Waals surface area contributed by atoms with Gasteiger partial charge in [0.25, 0.3) is 5.69 Å². The van der Waals surface area contributed by atoms with Gasteiger partial charge in [0.1, 0.15) is 0 Å². The van der Waals surface area contributed by atoms with Crippen LogP contribution in [0, 0.1) is 10.1 Å². The van der Waals surface area contributed by atoms with Crippen molar-refractivity contribution in [1.29, 1.82) is 0 Å². The molecule has 2 aromatic carbocycles. The number of benzene rings is 2. The highest BCUT2D eigenvalue weighted by atomic mass is 32.1. The van der Waals surface area contributed by atoms with E-state index in [0.29, 0.717) is 11.1 Å². The van der Waals surface area contributed by atoms with Crippen LogP contribution in [-0.2, 0) is 5.75 Å². The maximum atomic E-state index is 10.8. The van der Waals surface area contributed by atoms with E-state index in [1.54, 1.807) is 18.2 Å². The fraction of sp³-hybridized carbons (Fsp3) is 0.0909. The molecule has 0 atom stereocenters. The second kappa shape index (κ2) is 3.90. The largest absolute Gasteiger partial charge is 0.277 e. The minimum atomic E-state index is -0.357. The third-order valence-corrected chi connectivity index (χ3v) is 2.70. The van der Waals surface area contributed by atoms with Crippen LogP contribution in [-0.4, -0.2) is 4.92 Å². The average Bonchev–Trinajstić information content (AvgIpc) is 2.27. The highest BCUT2D eigenvalue weighted by molar-refractivity contribution is 7.79. The zero-order chi connectivity index (χ0) is 10.8. The van der Waals surface area contributed by atoms with Crippen molar-refractivity contribution in [3.05, 3.63) is 52.1 Å². The molecule has 2 aromatic rings. The number of nitro groups is 1. The highest BCUT2D eigenvalue weighted by Gasteiger charge is 2.12. The molecule has 0 unspecified atom stereocenters. The summed E-state index contributed by atoms with van der Waals surface area (Å²) < 4.78 is 0. The Morgan fingerprint density at radius 3 is 2.40 bits per heavy atom. The number of non-ortho nitro benzene ring substituents is 1. The molecular formula is C11H9NO2S. The molecule has 15 heavy (non-hydrogen) atoms. The quantitative estimate of drug-likeness (QED) is 0.479. The van der Waals surface area contributed by atoms with Crippen molar-refractivity contribution < 1.29 is 4.92 Å². The summed E-state index contributed by atoms with van der Waals surface area (Å²) in [5.74, 6) is 0.582. The number of rotatable bonds is 2. The van der Waals surface area contributed by atoms with Crippen LogP contribution in [0.4, 0.5) is 5.69 Å². The lowest BCUT2D eigenvalue weighted by Gasteiger charge is -2.03. The summed E-state index contributed by atoms with van der Waals surface area (Å²) in [6.45, 7) is 0. The van der Waals surface area contributed by atoms with Crippen molar-refractivity contribution >= 4 is 29.1 Å². The first kappa shape index (κ1) is 9.98. The van der Waals surface area contributed by atoms with Crippen molar-refractivity contribution in [2.75, 3.05) is 0 Å². The smallest absolute Gasteiger partial charge is 0.258 e. The van der Waals surface area contributed by atoms with Crippen LogP contribution in [0.1, 0.15) is 5.56 Å². The van der Waals surface area contributed by atoms with E-state index < -0.39 is 0 Å². The van der Waals surface area contributed by atoms with Gasteiger partial charge >= 0.3 is 0 Å². The molecule has 0 aliphatic rings. The number of hydrogen-bond acceptors (Lipinski definition) is 3. The molecule has 0 N–H and O–H groups in total. The van der Waals surface area contributed by atoms with Gasteiger partial charge in [0.15, 0.2) is 0 Å². The number of fused-ring (bicyclic) bond motifs is 1. The fourth-order valence-electron chi connectivity index (χ4n) is 1.64. The summed E-state index contributed by atoms with van der Waals surface area (Å²) in [6.07, 6.45) is 0. The Labute approximate surface area is 92.3 Å². The van der Waals surface area contributed by atoms with Gasteiger partial charge in [-0.3, -0.25) is 10.1 Å². The van der Waals surface area contributed by atoms with Crippen molar-refractivity contribution in [2.24, 2.45) is 0 Å². The van der Waals surface area contributed by atoms with Gasteiger partial charge in [-0.15, -0.1) is 0 Å². The van der Waals surface area contributed by atoms with E-state index in [2.05, 4.69) is 12.6 Å². The van der Waals surface area contributed by atoms with E-state index in [1.165, 1.54) is 6.07 Å². The number of nitrogens with zero attached hydrogens (tertiary/aromatic N) is 1. The fourth-order valence-corrected chi connectivity index (χ4v) is 1.92. The molecule has 0 aromatic heterocycles. The molecule has 0 aliphatic carbocycles. The predicted octanol–water partition coefficient (Wildman–Crippen LogP) is 3.18. The number of thiol groups is 1. The molecular weight excluding hydrogens is 210 g/mol. The molecule has 3 nitrogen and oxygen atoms in total. The topological polar surface area (TPSA) is 43.1 Å². The first-order valence-corrected chi connectivity index (χ1v) is 5.13. The standard InChI is InChI=1S/C11H9NO2S/c13-12(14)11-6-5-8(7-15)9-3-1-2-4-10(9)11/h1-6,15H,7H2. The van der Waals surface area contributed by atoms with Gasteiger partial charge in [0, 0.05) is 11.8 Å². The van der Waals surface area contributed by atoms with Crippen LogP contribution >= 0.6 is 12.6 Å². The van der Waals surface area contributed by atoms with E-state index in [4.69, 9.17) is 0 Å². The second-order valence-corrected chi connectivity index (χ2v) is 3.52. The minimum Gasteiger partial charge on any atom is -0.258 e. The maximum Gasteiger partial charge on any atom is 0.277 e. The Morgan fingerprint density at radius 1 is 1.13 bits per heavy atom. The van der Waals surface area contributed by atoms with Crippen LogP contribution in [0.25, 0.3) is 10.8 Å². The molecule has 0 amide bonds. The van der Waals surface area contributed by atoms with Gasteiger partial charge in [-0.05, 0) is 17.0 Å². The van der Waals surface area contributed by atoms with Crippen LogP contribution in [0.15, 0.2) is 36.4 Å². The minimum absolute atomic E-state index is 0.149. The molecule has 0 heterocycles. The van der Waals surface area contributed by atoms with E-state index >= 15 is 0 Å². The van der Waals surface area contributed by atoms with E-state index in [-0.39, 0.29) is 10.6 Å². The van der Waals surface area contributed by atoms with Crippen LogP contribution in [0.2, 0.25) is 0 Å². The second-order valence-electron chi connectivity index (χ2n) is 3.20. The summed E-state index contributed by atoms with van der Waals surface area (Å²) >= 11 is 4.20. The number of hydrogen-bond donors (Lipinski definition) is 1. The Balaban J connectivity index is 2.83. The lowest BCUT2D eigenvalue weighted by Crippen LogP contribution is -1.91. The van der Waals surface area contributed by atoms with Gasteiger partial charge < -0.3 is 0 Å². The Kier molecular flexibility index (Phi) is 2.60. The molecule has 0 spiro atoms. The molecule has 0 saturated carbocycles. The monoisotopic (exact) mass is 219 g/mol. The van der Waals surface area contributed by atoms with Crippen LogP contribution < -0.4 is 0 Å². The summed E-state index contributed by atoms with van der Waals surface area (Å²) in [4.78, 5) is 10.4. The van der Waals surface area contributed by atoms with E-state index in [9.17, 15) is 10.1 Å². The molecule has 0 saturated heterocycles. The summed E-state index contributed by atoms with van der Waals surface area (Å²) in [5, 5.41) is 12.4.